The lowest BCUT2D eigenvalue weighted by Crippen LogP contribution is -2.09. The molecule has 0 atom stereocenters. The Morgan fingerprint density at radius 1 is 1.00 bits per heavy atom. The number of benzene rings is 2. The quantitative estimate of drug-likeness (QED) is 0.814. The highest BCUT2D eigenvalue weighted by Crippen LogP contribution is 2.24. The molecule has 0 aliphatic rings. The number of halogens is 1. The van der Waals surface area contributed by atoms with E-state index in [1.54, 1.807) is 24.3 Å². The molecular formula is C13H11ClO4S. The summed E-state index contributed by atoms with van der Waals surface area (Å²) in [4.78, 5) is 0.00261. The standard InChI is InChI=1S/C13H11ClO4S/c1-17-11-5-3-6-12(9-11)18-19(15,16)13-7-2-4-10(14)8-13/h2-9H,1H3. The summed E-state index contributed by atoms with van der Waals surface area (Å²) in [5, 5.41) is 0.329. The molecule has 2 aromatic carbocycles. The average Bonchev–Trinajstić information content (AvgIpc) is 2.38. The Hall–Kier alpha value is -1.72. The highest BCUT2D eigenvalue weighted by atomic mass is 35.5. The van der Waals surface area contributed by atoms with E-state index in [0.717, 1.165) is 0 Å². The number of hydrogen-bond acceptors (Lipinski definition) is 4. The van der Waals surface area contributed by atoms with Gasteiger partial charge in [-0.25, -0.2) is 0 Å². The van der Waals surface area contributed by atoms with Gasteiger partial charge in [0.05, 0.1) is 7.11 Å². The second-order valence-corrected chi connectivity index (χ2v) is 5.66. The van der Waals surface area contributed by atoms with Crippen LogP contribution in [0.3, 0.4) is 0 Å². The zero-order chi connectivity index (χ0) is 13.9. The Labute approximate surface area is 116 Å². The molecule has 0 fully saturated rings. The minimum atomic E-state index is -3.90. The minimum Gasteiger partial charge on any atom is -0.497 e. The van der Waals surface area contributed by atoms with Crippen molar-refractivity contribution in [1.29, 1.82) is 0 Å². The monoisotopic (exact) mass is 298 g/mol. The zero-order valence-electron chi connectivity index (χ0n) is 10.0. The van der Waals surface area contributed by atoms with Crippen LogP contribution in [0.1, 0.15) is 0 Å². The lowest BCUT2D eigenvalue weighted by Gasteiger charge is -2.08. The summed E-state index contributed by atoms with van der Waals surface area (Å²) < 4.78 is 34.1. The van der Waals surface area contributed by atoms with Crippen molar-refractivity contribution in [3.05, 3.63) is 53.6 Å². The van der Waals surface area contributed by atoms with E-state index in [9.17, 15) is 8.42 Å². The SMILES string of the molecule is COc1cccc(OS(=O)(=O)c2cccc(Cl)c2)c1. The van der Waals surface area contributed by atoms with Gasteiger partial charge in [0.1, 0.15) is 16.4 Å². The van der Waals surface area contributed by atoms with Crippen LogP contribution < -0.4 is 8.92 Å². The van der Waals surface area contributed by atoms with Gasteiger partial charge in [0.25, 0.3) is 0 Å². The van der Waals surface area contributed by atoms with Crippen LogP contribution in [-0.4, -0.2) is 15.5 Å². The van der Waals surface area contributed by atoms with Crippen molar-refractivity contribution in [2.24, 2.45) is 0 Å². The van der Waals surface area contributed by atoms with E-state index in [0.29, 0.717) is 10.8 Å². The van der Waals surface area contributed by atoms with Crippen LogP contribution in [0.4, 0.5) is 0 Å². The Kier molecular flexibility index (Phi) is 3.97. The number of hydrogen-bond donors (Lipinski definition) is 0. The molecule has 0 saturated carbocycles. The summed E-state index contributed by atoms with van der Waals surface area (Å²) in [6.07, 6.45) is 0. The van der Waals surface area contributed by atoms with Gasteiger partial charge in [-0.15, -0.1) is 0 Å². The van der Waals surface area contributed by atoms with Gasteiger partial charge in [-0.3, -0.25) is 0 Å². The predicted molar refractivity (Wildman–Crippen MR) is 72.3 cm³/mol. The van der Waals surface area contributed by atoms with Crippen molar-refractivity contribution in [1.82, 2.24) is 0 Å². The summed E-state index contributed by atoms with van der Waals surface area (Å²) in [5.74, 6) is 0.693. The van der Waals surface area contributed by atoms with E-state index < -0.39 is 10.1 Å². The molecule has 0 aromatic heterocycles. The highest BCUT2D eigenvalue weighted by Gasteiger charge is 2.17. The van der Waals surface area contributed by atoms with Crippen LogP contribution in [0.25, 0.3) is 0 Å². The Morgan fingerprint density at radius 3 is 2.37 bits per heavy atom. The molecule has 0 saturated heterocycles. The molecule has 4 nitrogen and oxygen atoms in total. The first-order valence-corrected chi connectivity index (χ1v) is 7.14. The minimum absolute atomic E-state index is 0.00261. The van der Waals surface area contributed by atoms with Gasteiger partial charge in [-0.1, -0.05) is 23.7 Å². The largest absolute Gasteiger partial charge is 0.497 e. The first-order chi connectivity index (χ1) is 9.01. The Bertz CT molecular complexity index is 683. The topological polar surface area (TPSA) is 52.6 Å². The van der Waals surface area contributed by atoms with Gasteiger partial charge < -0.3 is 8.92 Å². The van der Waals surface area contributed by atoms with E-state index >= 15 is 0 Å². The molecule has 2 aromatic rings. The van der Waals surface area contributed by atoms with E-state index in [4.69, 9.17) is 20.5 Å². The van der Waals surface area contributed by atoms with Crippen molar-refractivity contribution in [2.75, 3.05) is 7.11 Å². The van der Waals surface area contributed by atoms with Gasteiger partial charge in [-0.2, -0.15) is 8.42 Å². The van der Waals surface area contributed by atoms with Crippen molar-refractivity contribution in [3.63, 3.8) is 0 Å². The summed E-state index contributed by atoms with van der Waals surface area (Å²) in [6, 6.07) is 12.2. The molecule has 0 unspecified atom stereocenters. The average molecular weight is 299 g/mol. The van der Waals surface area contributed by atoms with Crippen molar-refractivity contribution < 1.29 is 17.3 Å². The molecule has 100 valence electrons. The fourth-order valence-corrected chi connectivity index (χ4v) is 2.68. The summed E-state index contributed by atoms with van der Waals surface area (Å²) in [6.45, 7) is 0. The predicted octanol–water partition coefficient (Wildman–Crippen LogP) is 3.12. The molecule has 0 radical (unpaired) electrons. The summed E-state index contributed by atoms with van der Waals surface area (Å²) in [5.41, 5.74) is 0. The van der Waals surface area contributed by atoms with Gasteiger partial charge in [0.15, 0.2) is 0 Å². The first kappa shape index (κ1) is 13.7. The molecule has 2 rings (SSSR count). The maximum atomic E-state index is 12.0. The van der Waals surface area contributed by atoms with Gasteiger partial charge >= 0.3 is 10.1 Å². The van der Waals surface area contributed by atoms with Crippen molar-refractivity contribution in [3.8, 4) is 11.5 Å². The van der Waals surface area contributed by atoms with E-state index in [-0.39, 0.29) is 10.6 Å². The maximum absolute atomic E-state index is 12.0. The number of methoxy groups -OCH3 is 1. The molecule has 0 bridgehead atoms. The molecule has 0 N–H and O–H groups in total. The van der Waals surface area contributed by atoms with Crippen molar-refractivity contribution >= 4 is 21.7 Å². The third kappa shape index (κ3) is 3.39. The van der Waals surface area contributed by atoms with Gasteiger partial charge in [0.2, 0.25) is 0 Å². The Balaban J connectivity index is 2.31. The lowest BCUT2D eigenvalue weighted by atomic mass is 10.3. The van der Waals surface area contributed by atoms with Gasteiger partial charge in [0, 0.05) is 11.1 Å². The number of rotatable bonds is 4. The fraction of sp³-hybridized carbons (Fsp3) is 0.0769. The molecule has 0 aliphatic carbocycles. The second-order valence-electron chi connectivity index (χ2n) is 3.67. The van der Waals surface area contributed by atoms with Crippen LogP contribution >= 0.6 is 11.6 Å². The van der Waals surface area contributed by atoms with Crippen LogP contribution in [-0.2, 0) is 10.1 Å². The lowest BCUT2D eigenvalue weighted by molar-refractivity contribution is 0.411. The highest BCUT2D eigenvalue weighted by molar-refractivity contribution is 7.87. The molecule has 0 spiro atoms. The molecule has 0 amide bonds. The maximum Gasteiger partial charge on any atom is 0.339 e. The third-order valence-electron chi connectivity index (χ3n) is 2.33. The van der Waals surface area contributed by atoms with E-state index in [1.165, 1.54) is 31.4 Å². The molecule has 0 aliphatic heterocycles. The molecule has 19 heavy (non-hydrogen) atoms. The first-order valence-electron chi connectivity index (χ1n) is 5.35. The zero-order valence-corrected chi connectivity index (χ0v) is 11.6. The Morgan fingerprint density at radius 2 is 1.68 bits per heavy atom. The third-order valence-corrected chi connectivity index (χ3v) is 3.81. The molecule has 0 heterocycles. The summed E-state index contributed by atoms with van der Waals surface area (Å²) in [7, 11) is -2.41. The van der Waals surface area contributed by atoms with E-state index in [2.05, 4.69) is 0 Å². The smallest absolute Gasteiger partial charge is 0.339 e. The van der Waals surface area contributed by atoms with Crippen LogP contribution in [0.2, 0.25) is 5.02 Å². The van der Waals surface area contributed by atoms with E-state index in [1.807, 2.05) is 0 Å². The van der Waals surface area contributed by atoms with Crippen LogP contribution in [0, 0.1) is 0 Å². The van der Waals surface area contributed by atoms with Crippen LogP contribution in [0.15, 0.2) is 53.4 Å². The normalized spacial score (nSPS) is 11.1. The fourth-order valence-electron chi connectivity index (χ4n) is 1.45. The van der Waals surface area contributed by atoms with Gasteiger partial charge in [-0.05, 0) is 30.3 Å². The number of ether oxygens (including phenoxy) is 1. The molecule has 6 heteroatoms. The van der Waals surface area contributed by atoms with Crippen LogP contribution in [0.5, 0.6) is 11.5 Å². The summed E-state index contributed by atoms with van der Waals surface area (Å²) >= 11 is 5.76. The molecular weight excluding hydrogens is 288 g/mol. The van der Waals surface area contributed by atoms with Crippen molar-refractivity contribution in [2.45, 2.75) is 4.90 Å². The second kappa shape index (κ2) is 5.50.